The number of phenols is 1. The Kier molecular flexibility index (Phi) is 2.87. The number of carbonyl (C=O) groups is 2. The maximum Gasteiger partial charge on any atom is 0.254 e. The molecule has 1 N–H and O–H groups in total. The van der Waals surface area contributed by atoms with Gasteiger partial charge >= 0.3 is 0 Å². The Labute approximate surface area is 147 Å². The van der Waals surface area contributed by atoms with E-state index in [1.165, 1.54) is 12.3 Å². The summed E-state index contributed by atoms with van der Waals surface area (Å²) in [7, 11) is 0. The van der Waals surface area contributed by atoms with E-state index in [0.717, 1.165) is 11.4 Å². The normalized spacial score (nSPS) is 38.8. The highest BCUT2D eigenvalue weighted by Crippen LogP contribution is 2.65. The van der Waals surface area contributed by atoms with E-state index in [1.807, 2.05) is 0 Å². The number of hydrazone groups is 1. The molecule has 0 aromatic heterocycles. The Morgan fingerprint density at radius 1 is 1.12 bits per heavy atom. The van der Waals surface area contributed by atoms with E-state index in [9.17, 15) is 14.7 Å². The highest BCUT2D eigenvalue weighted by Gasteiger charge is 2.67. The Hall–Kier alpha value is -1.95. The molecule has 5 nitrogen and oxygen atoms in total. The van der Waals surface area contributed by atoms with Gasteiger partial charge in [0.05, 0.1) is 22.5 Å². The summed E-state index contributed by atoms with van der Waals surface area (Å²) in [6, 6.07) is 4.91. The SMILES string of the molecule is O=C1[C@@H]2[C@H]3C=C[C@@H]([C@@H]4C[C@H]34)[C@H]2C(=O)N1/N=C\c1ccc(O)c(Br)c1. The number of allylic oxidation sites excluding steroid dienone is 2. The third-order valence-corrected chi connectivity index (χ3v) is 6.57. The minimum absolute atomic E-state index is 0.133. The lowest BCUT2D eigenvalue weighted by Gasteiger charge is -2.37. The molecule has 0 radical (unpaired) electrons. The third-order valence-electron chi connectivity index (χ3n) is 5.93. The number of benzene rings is 1. The van der Waals surface area contributed by atoms with Crippen molar-refractivity contribution in [1.29, 1.82) is 0 Å². The molecule has 2 saturated carbocycles. The van der Waals surface area contributed by atoms with Crippen molar-refractivity contribution in [2.45, 2.75) is 6.42 Å². The lowest BCUT2D eigenvalue weighted by atomic mass is 9.63. The van der Waals surface area contributed by atoms with Gasteiger partial charge in [-0.25, -0.2) is 0 Å². The molecule has 0 unspecified atom stereocenters. The monoisotopic (exact) mass is 386 g/mol. The van der Waals surface area contributed by atoms with Gasteiger partial charge < -0.3 is 5.11 Å². The summed E-state index contributed by atoms with van der Waals surface area (Å²) in [5, 5.41) is 14.8. The van der Waals surface area contributed by atoms with Crippen molar-refractivity contribution in [3.63, 3.8) is 0 Å². The van der Waals surface area contributed by atoms with E-state index >= 15 is 0 Å². The average molecular weight is 387 g/mol. The van der Waals surface area contributed by atoms with Crippen LogP contribution in [-0.2, 0) is 9.59 Å². The van der Waals surface area contributed by atoms with E-state index in [2.05, 4.69) is 33.2 Å². The van der Waals surface area contributed by atoms with Crippen molar-refractivity contribution in [2.75, 3.05) is 0 Å². The zero-order valence-corrected chi connectivity index (χ0v) is 14.3. The molecule has 1 heterocycles. The molecule has 122 valence electrons. The first-order valence-electron chi connectivity index (χ1n) is 8.15. The van der Waals surface area contributed by atoms with Gasteiger partial charge in [0, 0.05) is 0 Å². The second kappa shape index (κ2) is 4.79. The maximum atomic E-state index is 12.8. The topological polar surface area (TPSA) is 70.0 Å². The number of amides is 2. The number of phenolic OH excluding ortho intramolecular Hbond substituents is 1. The first-order valence-corrected chi connectivity index (χ1v) is 8.94. The van der Waals surface area contributed by atoms with Crippen molar-refractivity contribution in [2.24, 2.45) is 40.6 Å². The second-order valence-corrected chi connectivity index (χ2v) is 7.95. The van der Waals surface area contributed by atoms with Gasteiger partial charge in [0.15, 0.2) is 0 Å². The Balaban J connectivity index is 1.44. The van der Waals surface area contributed by atoms with Gasteiger partial charge in [-0.2, -0.15) is 10.1 Å². The molecule has 6 heteroatoms. The summed E-state index contributed by atoms with van der Waals surface area (Å²) < 4.78 is 0.543. The van der Waals surface area contributed by atoms with Crippen LogP contribution in [0.5, 0.6) is 5.75 Å². The number of aromatic hydroxyl groups is 1. The number of carbonyl (C=O) groups excluding carboxylic acids is 2. The molecular weight excluding hydrogens is 372 g/mol. The van der Waals surface area contributed by atoms with Crippen molar-refractivity contribution >= 4 is 34.0 Å². The van der Waals surface area contributed by atoms with Crippen molar-refractivity contribution in [3.05, 3.63) is 40.4 Å². The molecule has 1 aromatic carbocycles. The first-order chi connectivity index (χ1) is 11.6. The van der Waals surface area contributed by atoms with Gasteiger partial charge in [-0.05, 0) is 69.8 Å². The molecule has 4 aliphatic carbocycles. The number of imide groups is 1. The number of nitrogens with zero attached hydrogens (tertiary/aromatic N) is 2. The lowest BCUT2D eigenvalue weighted by molar-refractivity contribution is -0.140. The number of hydrogen-bond acceptors (Lipinski definition) is 4. The van der Waals surface area contributed by atoms with Crippen LogP contribution >= 0.6 is 15.9 Å². The summed E-state index contributed by atoms with van der Waals surface area (Å²) in [5.74, 6) is 0.972. The van der Waals surface area contributed by atoms with E-state index in [1.54, 1.807) is 12.1 Å². The summed E-state index contributed by atoms with van der Waals surface area (Å²) in [4.78, 5) is 25.5. The van der Waals surface area contributed by atoms with Crippen LogP contribution in [0.25, 0.3) is 0 Å². The number of halogens is 1. The van der Waals surface area contributed by atoms with Crippen molar-refractivity contribution < 1.29 is 14.7 Å². The maximum absolute atomic E-state index is 12.8. The van der Waals surface area contributed by atoms with Gasteiger partial charge in [0.2, 0.25) is 0 Å². The molecule has 6 atom stereocenters. The molecule has 6 rings (SSSR count). The lowest BCUT2D eigenvalue weighted by Crippen LogP contribution is -2.40. The average Bonchev–Trinajstić information content (AvgIpc) is 3.35. The smallest absolute Gasteiger partial charge is 0.254 e. The quantitative estimate of drug-likeness (QED) is 0.482. The van der Waals surface area contributed by atoms with Gasteiger partial charge in [-0.15, -0.1) is 0 Å². The molecular formula is C18H15BrN2O3. The minimum atomic E-state index is -0.222. The van der Waals surface area contributed by atoms with Gasteiger partial charge in [0.1, 0.15) is 5.75 Å². The largest absolute Gasteiger partial charge is 0.507 e. The van der Waals surface area contributed by atoms with E-state index < -0.39 is 0 Å². The van der Waals surface area contributed by atoms with Gasteiger partial charge in [-0.3, -0.25) is 9.59 Å². The summed E-state index contributed by atoms with van der Waals surface area (Å²) in [6.07, 6.45) is 6.94. The Morgan fingerprint density at radius 2 is 1.75 bits per heavy atom. The van der Waals surface area contributed by atoms with Crippen LogP contribution in [0.2, 0.25) is 0 Å². The summed E-state index contributed by atoms with van der Waals surface area (Å²) in [5.41, 5.74) is 0.707. The highest BCUT2D eigenvalue weighted by molar-refractivity contribution is 9.10. The predicted octanol–water partition coefficient (Wildman–Crippen LogP) is 2.54. The molecule has 24 heavy (non-hydrogen) atoms. The number of hydrogen-bond donors (Lipinski definition) is 1. The van der Waals surface area contributed by atoms with Crippen LogP contribution in [-0.4, -0.2) is 28.1 Å². The molecule has 3 fully saturated rings. The molecule has 2 bridgehead atoms. The highest BCUT2D eigenvalue weighted by atomic mass is 79.9. The zero-order chi connectivity index (χ0) is 16.6. The number of rotatable bonds is 2. The van der Waals surface area contributed by atoms with Crippen molar-refractivity contribution in [3.8, 4) is 5.75 Å². The fourth-order valence-corrected chi connectivity index (χ4v) is 5.18. The Morgan fingerprint density at radius 3 is 2.33 bits per heavy atom. The molecule has 2 amide bonds. The zero-order valence-electron chi connectivity index (χ0n) is 12.7. The predicted molar refractivity (Wildman–Crippen MR) is 90.0 cm³/mol. The van der Waals surface area contributed by atoms with Gasteiger partial charge in [-0.1, -0.05) is 12.2 Å². The molecule has 1 aliphatic heterocycles. The fourth-order valence-electron chi connectivity index (χ4n) is 4.78. The minimum Gasteiger partial charge on any atom is -0.507 e. The van der Waals surface area contributed by atoms with Gasteiger partial charge in [0.25, 0.3) is 11.8 Å². The third kappa shape index (κ3) is 1.83. The first kappa shape index (κ1) is 14.4. The summed E-state index contributed by atoms with van der Waals surface area (Å²) >= 11 is 3.24. The molecule has 1 aromatic rings. The van der Waals surface area contributed by atoms with E-state index in [-0.39, 0.29) is 41.2 Å². The van der Waals surface area contributed by atoms with Crippen LogP contribution in [0.3, 0.4) is 0 Å². The molecule has 5 aliphatic rings. The summed E-state index contributed by atoms with van der Waals surface area (Å²) in [6.45, 7) is 0. The second-order valence-electron chi connectivity index (χ2n) is 7.10. The standard InChI is InChI=1S/C18H15BrN2O3/c19-13-5-8(1-4-14(13)22)7-20-21-17(23)15-9-2-3-10(12-6-11(9)12)16(15)18(21)24/h1-5,7,9-12,15-16,22H,6H2/b20-7-/t9-,10-,11-,12+,15+,16+/m0/s1. The Bertz CT molecular complexity index is 798. The van der Waals surface area contributed by atoms with E-state index in [4.69, 9.17) is 0 Å². The van der Waals surface area contributed by atoms with Crippen molar-refractivity contribution in [1.82, 2.24) is 5.01 Å². The molecule has 0 spiro atoms. The van der Waals surface area contributed by atoms with Crippen LogP contribution < -0.4 is 0 Å². The van der Waals surface area contributed by atoms with Crippen LogP contribution in [0.4, 0.5) is 0 Å². The fraction of sp³-hybridized carbons (Fsp3) is 0.389. The molecule has 1 saturated heterocycles. The van der Waals surface area contributed by atoms with Crippen LogP contribution in [0.1, 0.15) is 12.0 Å². The van der Waals surface area contributed by atoms with Crippen LogP contribution in [0, 0.1) is 35.5 Å². The van der Waals surface area contributed by atoms with Crippen LogP contribution in [0.15, 0.2) is 39.9 Å². The van der Waals surface area contributed by atoms with E-state index in [0.29, 0.717) is 21.9 Å².